The quantitative estimate of drug-likeness (QED) is 0.796. The van der Waals surface area contributed by atoms with Gasteiger partial charge in [0.1, 0.15) is 0 Å². The highest BCUT2D eigenvalue weighted by Crippen LogP contribution is 2.40. The van der Waals surface area contributed by atoms with Crippen molar-refractivity contribution < 1.29 is 4.79 Å². The highest BCUT2D eigenvalue weighted by Gasteiger charge is 2.41. The summed E-state index contributed by atoms with van der Waals surface area (Å²) in [6.45, 7) is 5.92. The van der Waals surface area contributed by atoms with E-state index in [1.807, 2.05) is 36.5 Å². The van der Waals surface area contributed by atoms with Crippen molar-refractivity contribution in [2.45, 2.75) is 18.9 Å². The van der Waals surface area contributed by atoms with Crippen molar-refractivity contribution >= 4 is 16.7 Å². The van der Waals surface area contributed by atoms with Crippen LogP contribution in [0.5, 0.6) is 0 Å². The molecule has 0 saturated carbocycles. The first kappa shape index (κ1) is 13.6. The zero-order chi connectivity index (χ0) is 15.1. The molecule has 3 saturated heterocycles. The van der Waals surface area contributed by atoms with E-state index in [4.69, 9.17) is 0 Å². The molecule has 112 valence electrons. The number of Topliss-reactive ketones (excluding diaryl/α,β-unsaturated/α-hetero) is 1. The summed E-state index contributed by atoms with van der Waals surface area (Å²) in [5.74, 6) is 1.26. The largest absolute Gasteiger partial charge is 0.298 e. The molecule has 4 atom stereocenters. The summed E-state index contributed by atoms with van der Waals surface area (Å²) in [4.78, 5) is 19.7. The van der Waals surface area contributed by atoms with Gasteiger partial charge < -0.3 is 0 Å². The fraction of sp³-hybridized carbons (Fsp3) is 0.368. The van der Waals surface area contributed by atoms with Crippen molar-refractivity contribution in [3.63, 3.8) is 0 Å². The van der Waals surface area contributed by atoms with Crippen LogP contribution in [0.15, 0.2) is 49.2 Å². The number of pyridine rings is 1. The molecule has 0 amide bonds. The molecule has 3 heteroatoms. The highest BCUT2D eigenvalue weighted by molar-refractivity contribution is 5.92. The molecule has 1 aromatic heterocycles. The molecule has 0 spiro atoms. The minimum Gasteiger partial charge on any atom is -0.298 e. The minimum absolute atomic E-state index is 0.122. The van der Waals surface area contributed by atoms with Gasteiger partial charge in [0.25, 0.3) is 0 Å². The van der Waals surface area contributed by atoms with E-state index in [1.54, 1.807) is 0 Å². The Balaban J connectivity index is 1.83. The number of nitrogens with zero attached hydrogens (tertiary/aromatic N) is 2. The van der Waals surface area contributed by atoms with Gasteiger partial charge in [-0.25, -0.2) is 0 Å². The Bertz CT molecular complexity index is 734. The van der Waals surface area contributed by atoms with Crippen LogP contribution in [0.3, 0.4) is 0 Å². The summed E-state index contributed by atoms with van der Waals surface area (Å²) < 4.78 is 0. The number of hydrogen-bond donors (Lipinski definition) is 0. The van der Waals surface area contributed by atoms with Gasteiger partial charge in [0, 0.05) is 24.5 Å². The Labute approximate surface area is 130 Å². The molecule has 2 bridgehead atoms. The van der Waals surface area contributed by atoms with Gasteiger partial charge in [0.05, 0.1) is 11.6 Å². The number of para-hydroxylation sites is 1. The number of carbonyl (C=O) groups excluding carboxylic acids is 1. The van der Waals surface area contributed by atoms with E-state index < -0.39 is 0 Å². The molecule has 3 aliphatic heterocycles. The van der Waals surface area contributed by atoms with Crippen LogP contribution in [0.2, 0.25) is 0 Å². The molecule has 3 aliphatic rings. The Morgan fingerprint density at radius 2 is 2.14 bits per heavy atom. The lowest BCUT2D eigenvalue weighted by Gasteiger charge is -2.35. The minimum atomic E-state index is -0.122. The summed E-state index contributed by atoms with van der Waals surface area (Å²) in [5, 5.41) is 1.10. The fourth-order valence-corrected chi connectivity index (χ4v) is 4.11. The van der Waals surface area contributed by atoms with Gasteiger partial charge in [0.15, 0.2) is 5.78 Å². The van der Waals surface area contributed by atoms with Crippen molar-refractivity contribution in [2.24, 2.45) is 11.8 Å². The average Bonchev–Trinajstić information content (AvgIpc) is 2.79. The molecule has 0 aliphatic carbocycles. The van der Waals surface area contributed by atoms with Crippen LogP contribution in [0.1, 0.15) is 24.4 Å². The average molecular weight is 292 g/mol. The molecule has 3 nitrogen and oxygen atoms in total. The van der Waals surface area contributed by atoms with E-state index >= 15 is 0 Å². The normalized spacial score (nSPS) is 31.2. The van der Waals surface area contributed by atoms with Gasteiger partial charge in [-0.05, 0) is 42.5 Å². The summed E-state index contributed by atoms with van der Waals surface area (Å²) in [5.41, 5.74) is 2.08. The number of piperidine rings is 1. The number of ketones is 1. The number of benzene rings is 1. The molecule has 4 heterocycles. The van der Waals surface area contributed by atoms with Crippen LogP contribution >= 0.6 is 0 Å². The number of carbonyl (C=O) groups is 1. The maximum absolute atomic E-state index is 12.9. The van der Waals surface area contributed by atoms with E-state index in [1.165, 1.54) is 0 Å². The Morgan fingerprint density at radius 1 is 1.27 bits per heavy atom. The molecule has 0 radical (unpaired) electrons. The van der Waals surface area contributed by atoms with Gasteiger partial charge in [-0.3, -0.25) is 14.7 Å². The van der Waals surface area contributed by atoms with Crippen LogP contribution < -0.4 is 0 Å². The molecule has 0 N–H and O–H groups in total. The van der Waals surface area contributed by atoms with Crippen molar-refractivity contribution in [3.05, 3.63) is 54.7 Å². The monoisotopic (exact) mass is 292 g/mol. The van der Waals surface area contributed by atoms with E-state index in [-0.39, 0.29) is 6.04 Å². The van der Waals surface area contributed by atoms with Crippen LogP contribution in [-0.4, -0.2) is 28.8 Å². The number of aromatic nitrogens is 1. The summed E-state index contributed by atoms with van der Waals surface area (Å²) in [6, 6.07) is 10.0. The Morgan fingerprint density at radius 3 is 3.00 bits per heavy atom. The molecular formula is C19H20N2O. The zero-order valence-corrected chi connectivity index (χ0v) is 12.6. The van der Waals surface area contributed by atoms with E-state index in [0.717, 1.165) is 36.0 Å². The fourth-order valence-electron chi connectivity index (χ4n) is 4.11. The molecule has 5 rings (SSSR count). The van der Waals surface area contributed by atoms with Gasteiger partial charge in [-0.15, -0.1) is 6.58 Å². The predicted molar refractivity (Wildman–Crippen MR) is 87.5 cm³/mol. The number of fused-ring (bicyclic) bond motifs is 5. The van der Waals surface area contributed by atoms with Crippen molar-refractivity contribution in [1.29, 1.82) is 0 Å². The zero-order valence-electron chi connectivity index (χ0n) is 12.6. The standard InChI is InChI=1S/C19H20N2O/c1-2-13-12-21-10-8-14(13)11-18(22)19(21)16-7-9-20-17-6-4-3-5-15(16)17/h2-7,9,13-14,19H,1,8,10-12H2/t13-,14-,19-/m0/s1. The second-order valence-electron chi connectivity index (χ2n) is 6.43. The lowest BCUT2D eigenvalue weighted by Crippen LogP contribution is -2.39. The topological polar surface area (TPSA) is 33.2 Å². The second-order valence-corrected chi connectivity index (χ2v) is 6.43. The van der Waals surface area contributed by atoms with Gasteiger partial charge >= 0.3 is 0 Å². The predicted octanol–water partition coefficient (Wildman–Crippen LogP) is 3.37. The third-order valence-corrected chi connectivity index (χ3v) is 5.25. The van der Waals surface area contributed by atoms with E-state index in [9.17, 15) is 4.79 Å². The number of rotatable bonds is 2. The van der Waals surface area contributed by atoms with Crippen LogP contribution in [0.25, 0.3) is 10.9 Å². The first-order valence-electron chi connectivity index (χ1n) is 8.01. The van der Waals surface area contributed by atoms with E-state index in [0.29, 0.717) is 24.0 Å². The highest BCUT2D eigenvalue weighted by atomic mass is 16.1. The van der Waals surface area contributed by atoms with Gasteiger partial charge in [0.2, 0.25) is 0 Å². The third-order valence-electron chi connectivity index (χ3n) is 5.25. The first-order chi connectivity index (χ1) is 10.8. The van der Waals surface area contributed by atoms with E-state index in [2.05, 4.69) is 22.5 Å². The maximum Gasteiger partial charge on any atom is 0.154 e. The summed E-state index contributed by atoms with van der Waals surface area (Å²) in [7, 11) is 0. The van der Waals surface area contributed by atoms with Gasteiger partial charge in [-0.2, -0.15) is 0 Å². The summed E-state index contributed by atoms with van der Waals surface area (Å²) in [6.07, 6.45) is 5.64. The molecule has 22 heavy (non-hydrogen) atoms. The molecule has 3 fully saturated rings. The molecular weight excluding hydrogens is 272 g/mol. The number of hydrogen-bond acceptors (Lipinski definition) is 3. The molecule has 2 aromatic rings. The Kier molecular flexibility index (Phi) is 3.30. The second kappa shape index (κ2) is 5.33. The summed E-state index contributed by atoms with van der Waals surface area (Å²) >= 11 is 0. The maximum atomic E-state index is 12.9. The van der Waals surface area contributed by atoms with Crippen molar-refractivity contribution in [2.75, 3.05) is 13.1 Å². The molecule has 1 aromatic carbocycles. The van der Waals surface area contributed by atoms with Crippen LogP contribution in [-0.2, 0) is 4.79 Å². The third kappa shape index (κ3) is 2.08. The lowest BCUT2D eigenvalue weighted by atomic mass is 9.84. The smallest absolute Gasteiger partial charge is 0.154 e. The first-order valence-corrected chi connectivity index (χ1v) is 8.01. The van der Waals surface area contributed by atoms with Gasteiger partial charge in [-0.1, -0.05) is 24.3 Å². The lowest BCUT2D eigenvalue weighted by molar-refractivity contribution is -0.123. The van der Waals surface area contributed by atoms with Crippen molar-refractivity contribution in [1.82, 2.24) is 9.88 Å². The SMILES string of the molecule is C=C[C@H]1CN2CC[C@H]1CC(=O)[C@@H]2c1ccnc2ccccc12. The Hall–Kier alpha value is -2.00. The van der Waals surface area contributed by atoms with Crippen molar-refractivity contribution in [3.8, 4) is 0 Å². The van der Waals surface area contributed by atoms with Crippen LogP contribution in [0, 0.1) is 11.8 Å². The molecule has 1 unspecified atom stereocenters. The van der Waals surface area contributed by atoms with Crippen LogP contribution in [0.4, 0.5) is 0 Å².